The fourth-order valence-corrected chi connectivity index (χ4v) is 3.67. The first-order valence-corrected chi connectivity index (χ1v) is 10.5. The second kappa shape index (κ2) is 8.46. The Morgan fingerprint density at radius 3 is 2.91 bits per heavy atom. The van der Waals surface area contributed by atoms with Crippen molar-refractivity contribution >= 4 is 21.8 Å². The molecule has 4 aromatic rings. The zero-order valence-electron chi connectivity index (χ0n) is 16.5. The molecule has 5 rings (SSSR count). The quantitative estimate of drug-likeness (QED) is 0.429. The van der Waals surface area contributed by atoms with E-state index in [1.54, 1.807) is 35.0 Å². The van der Waals surface area contributed by atoms with Gasteiger partial charge in [0.15, 0.2) is 11.5 Å². The maximum atomic E-state index is 13.5. The highest BCUT2D eigenvalue weighted by Gasteiger charge is 2.17. The summed E-state index contributed by atoms with van der Waals surface area (Å²) in [4.78, 5) is 16.9. The lowest BCUT2D eigenvalue weighted by Crippen LogP contribution is -2.27. The third kappa shape index (κ3) is 4.09. The average Bonchev–Trinajstić information content (AvgIpc) is 3.54. The van der Waals surface area contributed by atoms with E-state index in [0.29, 0.717) is 39.6 Å². The SMILES string of the molecule is O=C(Cn1cccc1-c1nc(-c2ccc(F)c(Br)c2)no1)NCc1ccc2c(c1)OCO2. The molecule has 0 unspecified atom stereocenters. The first-order chi connectivity index (χ1) is 15.6. The van der Waals surface area contributed by atoms with Crippen LogP contribution in [-0.2, 0) is 17.9 Å². The smallest absolute Gasteiger partial charge is 0.274 e. The Bertz CT molecular complexity index is 1300. The molecule has 32 heavy (non-hydrogen) atoms. The van der Waals surface area contributed by atoms with Gasteiger partial charge < -0.3 is 23.9 Å². The van der Waals surface area contributed by atoms with Crippen molar-refractivity contribution in [3.63, 3.8) is 0 Å². The molecule has 10 heteroatoms. The van der Waals surface area contributed by atoms with Gasteiger partial charge >= 0.3 is 0 Å². The van der Waals surface area contributed by atoms with E-state index in [1.807, 2.05) is 18.2 Å². The van der Waals surface area contributed by atoms with E-state index < -0.39 is 0 Å². The zero-order chi connectivity index (χ0) is 22.1. The number of nitrogens with zero attached hydrogens (tertiary/aromatic N) is 3. The number of fused-ring (bicyclic) bond motifs is 1. The molecule has 1 amide bonds. The molecule has 0 saturated carbocycles. The van der Waals surface area contributed by atoms with Crippen LogP contribution in [0.2, 0.25) is 0 Å². The van der Waals surface area contributed by atoms with Gasteiger partial charge in [-0.3, -0.25) is 4.79 Å². The van der Waals surface area contributed by atoms with Crippen molar-refractivity contribution < 1.29 is 23.2 Å². The van der Waals surface area contributed by atoms with Crippen molar-refractivity contribution in [2.24, 2.45) is 0 Å². The van der Waals surface area contributed by atoms with Crippen LogP contribution < -0.4 is 14.8 Å². The van der Waals surface area contributed by atoms with Gasteiger partial charge in [0.05, 0.1) is 4.47 Å². The van der Waals surface area contributed by atoms with Gasteiger partial charge in [-0.15, -0.1) is 0 Å². The Morgan fingerprint density at radius 2 is 2.03 bits per heavy atom. The monoisotopic (exact) mass is 498 g/mol. The molecular formula is C22H16BrFN4O4. The van der Waals surface area contributed by atoms with Crippen LogP contribution in [0, 0.1) is 5.82 Å². The number of amides is 1. The Morgan fingerprint density at radius 1 is 1.16 bits per heavy atom. The first-order valence-electron chi connectivity index (χ1n) is 9.67. The van der Waals surface area contributed by atoms with Crippen molar-refractivity contribution in [3.8, 4) is 34.5 Å². The van der Waals surface area contributed by atoms with Crippen LogP contribution in [0.3, 0.4) is 0 Å². The molecule has 0 saturated heterocycles. The minimum atomic E-state index is -0.377. The normalized spacial score (nSPS) is 12.2. The second-order valence-corrected chi connectivity index (χ2v) is 7.89. The summed E-state index contributed by atoms with van der Waals surface area (Å²) in [6.45, 7) is 0.639. The fourth-order valence-electron chi connectivity index (χ4n) is 3.29. The molecule has 2 aromatic carbocycles. The Labute approximate surface area is 190 Å². The highest BCUT2D eigenvalue weighted by molar-refractivity contribution is 9.10. The molecule has 0 spiro atoms. The molecule has 0 radical (unpaired) electrons. The van der Waals surface area contributed by atoms with Gasteiger partial charge in [-0.2, -0.15) is 4.98 Å². The Kier molecular flexibility index (Phi) is 5.36. The molecule has 8 nitrogen and oxygen atoms in total. The predicted molar refractivity (Wildman–Crippen MR) is 115 cm³/mol. The maximum Gasteiger partial charge on any atom is 0.274 e. The molecule has 1 N–H and O–H groups in total. The number of nitrogens with one attached hydrogen (secondary N) is 1. The Hall–Kier alpha value is -3.66. The van der Waals surface area contributed by atoms with Gasteiger partial charge in [0.2, 0.25) is 18.5 Å². The lowest BCUT2D eigenvalue weighted by molar-refractivity contribution is -0.121. The van der Waals surface area contributed by atoms with Crippen LogP contribution in [-0.4, -0.2) is 27.4 Å². The van der Waals surface area contributed by atoms with Crippen molar-refractivity contribution in [3.05, 3.63) is 70.6 Å². The van der Waals surface area contributed by atoms with Crippen LogP contribution >= 0.6 is 15.9 Å². The summed E-state index contributed by atoms with van der Waals surface area (Å²) < 4.78 is 31.5. The number of benzene rings is 2. The first kappa shape index (κ1) is 20.3. The standard InChI is InChI=1S/C22H16BrFN4O4/c23-15-9-14(4-5-16(15)24)21-26-22(32-27-21)17-2-1-7-28(17)11-20(29)25-10-13-3-6-18-19(8-13)31-12-30-18/h1-9H,10-12H2,(H,25,29). The zero-order valence-corrected chi connectivity index (χ0v) is 18.1. The summed E-state index contributed by atoms with van der Waals surface area (Å²) in [6.07, 6.45) is 1.76. The minimum absolute atomic E-state index is 0.0761. The molecule has 2 aromatic heterocycles. The third-order valence-electron chi connectivity index (χ3n) is 4.89. The number of hydrogen-bond donors (Lipinski definition) is 1. The van der Waals surface area contributed by atoms with E-state index in [0.717, 1.165) is 5.56 Å². The number of hydrogen-bond acceptors (Lipinski definition) is 6. The highest BCUT2D eigenvalue weighted by atomic mass is 79.9. The van der Waals surface area contributed by atoms with Crippen LogP contribution in [0.5, 0.6) is 11.5 Å². The number of rotatable bonds is 6. The molecule has 0 aliphatic carbocycles. The van der Waals surface area contributed by atoms with Gasteiger partial charge in [-0.25, -0.2) is 4.39 Å². The molecule has 1 aliphatic rings. The highest BCUT2D eigenvalue weighted by Crippen LogP contribution is 2.32. The minimum Gasteiger partial charge on any atom is -0.454 e. The average molecular weight is 499 g/mol. The van der Waals surface area contributed by atoms with Gasteiger partial charge in [-0.1, -0.05) is 11.2 Å². The molecule has 1 aliphatic heterocycles. The van der Waals surface area contributed by atoms with Gasteiger partial charge in [-0.05, 0) is 64.0 Å². The van der Waals surface area contributed by atoms with E-state index in [4.69, 9.17) is 14.0 Å². The summed E-state index contributed by atoms with van der Waals surface area (Å²) in [5.74, 6) is 1.39. The number of carbonyl (C=O) groups excluding carboxylic acids is 1. The fraction of sp³-hybridized carbons (Fsp3) is 0.136. The van der Waals surface area contributed by atoms with Crippen LogP contribution in [0.15, 0.2) is 63.7 Å². The van der Waals surface area contributed by atoms with Crippen molar-refractivity contribution in [2.75, 3.05) is 6.79 Å². The second-order valence-electron chi connectivity index (χ2n) is 7.04. The topological polar surface area (TPSA) is 91.4 Å². The predicted octanol–water partition coefficient (Wildman–Crippen LogP) is 4.15. The van der Waals surface area contributed by atoms with Gasteiger partial charge in [0, 0.05) is 18.3 Å². The maximum absolute atomic E-state index is 13.5. The van der Waals surface area contributed by atoms with E-state index in [2.05, 4.69) is 31.4 Å². The molecular weight excluding hydrogens is 483 g/mol. The lowest BCUT2D eigenvalue weighted by Gasteiger charge is -2.08. The summed E-state index contributed by atoms with van der Waals surface area (Å²) in [7, 11) is 0. The van der Waals surface area contributed by atoms with Gasteiger partial charge in [0.25, 0.3) is 5.89 Å². The summed E-state index contributed by atoms with van der Waals surface area (Å²) in [6, 6.07) is 13.6. The number of aromatic nitrogens is 3. The Balaban J connectivity index is 1.26. The van der Waals surface area contributed by atoms with Crippen molar-refractivity contribution in [1.82, 2.24) is 20.0 Å². The number of carbonyl (C=O) groups is 1. The van der Waals surface area contributed by atoms with E-state index in [-0.39, 0.29) is 31.0 Å². The molecule has 3 heterocycles. The molecule has 0 fully saturated rings. The molecule has 0 atom stereocenters. The summed E-state index contributed by atoms with van der Waals surface area (Å²) in [5.41, 5.74) is 2.11. The van der Waals surface area contributed by atoms with E-state index in [9.17, 15) is 9.18 Å². The van der Waals surface area contributed by atoms with E-state index >= 15 is 0 Å². The van der Waals surface area contributed by atoms with Crippen LogP contribution in [0.4, 0.5) is 4.39 Å². The largest absolute Gasteiger partial charge is 0.454 e. The molecule has 0 bridgehead atoms. The van der Waals surface area contributed by atoms with Crippen molar-refractivity contribution in [2.45, 2.75) is 13.1 Å². The van der Waals surface area contributed by atoms with E-state index in [1.165, 1.54) is 6.07 Å². The van der Waals surface area contributed by atoms with Gasteiger partial charge in [0.1, 0.15) is 18.1 Å². The third-order valence-corrected chi connectivity index (χ3v) is 5.50. The summed E-state index contributed by atoms with van der Waals surface area (Å²) >= 11 is 3.15. The van der Waals surface area contributed by atoms with Crippen LogP contribution in [0.1, 0.15) is 5.56 Å². The van der Waals surface area contributed by atoms with Crippen molar-refractivity contribution in [1.29, 1.82) is 0 Å². The number of ether oxygens (including phenoxy) is 2. The number of halogens is 2. The lowest BCUT2D eigenvalue weighted by atomic mass is 10.2. The summed E-state index contributed by atoms with van der Waals surface area (Å²) in [5, 5.41) is 6.86. The van der Waals surface area contributed by atoms with Crippen LogP contribution in [0.25, 0.3) is 23.0 Å². The molecule has 162 valence electrons.